The highest BCUT2D eigenvalue weighted by molar-refractivity contribution is 6.06. The summed E-state index contributed by atoms with van der Waals surface area (Å²) >= 11 is 0. The van der Waals surface area contributed by atoms with Crippen molar-refractivity contribution in [2.45, 2.75) is 20.3 Å². The highest BCUT2D eigenvalue weighted by atomic mass is 16.5. The Kier molecular flexibility index (Phi) is 3.84. The number of carbonyl (C=O) groups is 2. The molecule has 2 rings (SSSR count). The fourth-order valence-electron chi connectivity index (χ4n) is 1.87. The largest absolute Gasteiger partial charge is 0.478 e. The SMILES string of the molecule is CCc1noc(C)c1C(=O)Nc1cccc(C(=O)O)c1. The summed E-state index contributed by atoms with van der Waals surface area (Å²) in [7, 11) is 0. The standard InChI is InChI=1S/C14H14N2O4/c1-3-11-12(8(2)20-16-11)13(17)15-10-6-4-5-9(7-10)14(18)19/h4-7H,3H2,1-2H3,(H,15,17)(H,18,19). The van der Waals surface area contributed by atoms with Crippen molar-refractivity contribution in [2.24, 2.45) is 0 Å². The van der Waals surface area contributed by atoms with Gasteiger partial charge in [-0.05, 0) is 31.5 Å². The van der Waals surface area contributed by atoms with Gasteiger partial charge in [0.2, 0.25) is 0 Å². The Labute approximate surface area is 115 Å². The molecule has 0 radical (unpaired) electrons. The van der Waals surface area contributed by atoms with Gasteiger partial charge in [0.15, 0.2) is 0 Å². The Balaban J connectivity index is 2.25. The van der Waals surface area contributed by atoms with E-state index in [0.29, 0.717) is 29.1 Å². The fraction of sp³-hybridized carbons (Fsp3) is 0.214. The van der Waals surface area contributed by atoms with Gasteiger partial charge >= 0.3 is 5.97 Å². The van der Waals surface area contributed by atoms with E-state index in [2.05, 4.69) is 10.5 Å². The van der Waals surface area contributed by atoms with E-state index in [4.69, 9.17) is 9.63 Å². The molecule has 0 spiro atoms. The number of amides is 1. The third-order valence-corrected chi connectivity index (χ3v) is 2.86. The Morgan fingerprint density at radius 1 is 1.40 bits per heavy atom. The molecule has 20 heavy (non-hydrogen) atoms. The summed E-state index contributed by atoms with van der Waals surface area (Å²) in [5.74, 6) is -0.964. The molecule has 1 aromatic carbocycles. The van der Waals surface area contributed by atoms with E-state index >= 15 is 0 Å². The average Bonchev–Trinajstić information content (AvgIpc) is 2.80. The summed E-state index contributed by atoms with van der Waals surface area (Å²) < 4.78 is 5.00. The number of anilines is 1. The van der Waals surface area contributed by atoms with Crippen LogP contribution in [0.15, 0.2) is 28.8 Å². The molecule has 6 nitrogen and oxygen atoms in total. The second-order valence-corrected chi connectivity index (χ2v) is 4.25. The lowest BCUT2D eigenvalue weighted by Crippen LogP contribution is -2.14. The molecular weight excluding hydrogens is 260 g/mol. The van der Waals surface area contributed by atoms with Gasteiger partial charge in [0, 0.05) is 5.69 Å². The minimum absolute atomic E-state index is 0.112. The molecule has 0 saturated carbocycles. The molecule has 1 aromatic heterocycles. The Morgan fingerprint density at radius 3 is 2.80 bits per heavy atom. The van der Waals surface area contributed by atoms with Gasteiger partial charge in [-0.15, -0.1) is 0 Å². The molecular formula is C14H14N2O4. The topological polar surface area (TPSA) is 92.4 Å². The van der Waals surface area contributed by atoms with E-state index in [-0.39, 0.29) is 11.5 Å². The number of carboxylic acids is 1. The molecule has 0 unspecified atom stereocenters. The van der Waals surface area contributed by atoms with Crippen molar-refractivity contribution in [3.05, 3.63) is 46.8 Å². The lowest BCUT2D eigenvalue weighted by Gasteiger charge is -2.06. The Bertz CT molecular complexity index is 661. The highest BCUT2D eigenvalue weighted by Gasteiger charge is 2.19. The number of rotatable bonds is 4. The first-order valence-electron chi connectivity index (χ1n) is 6.12. The van der Waals surface area contributed by atoms with Gasteiger partial charge in [-0.3, -0.25) is 4.79 Å². The number of carboxylic acid groups (broad SMARTS) is 1. The normalized spacial score (nSPS) is 10.3. The first-order valence-corrected chi connectivity index (χ1v) is 6.12. The fourth-order valence-corrected chi connectivity index (χ4v) is 1.87. The molecule has 0 bridgehead atoms. The molecule has 6 heteroatoms. The van der Waals surface area contributed by atoms with Gasteiger partial charge in [-0.2, -0.15) is 0 Å². The van der Waals surface area contributed by atoms with Crippen LogP contribution in [0.2, 0.25) is 0 Å². The number of nitrogens with one attached hydrogen (secondary N) is 1. The lowest BCUT2D eigenvalue weighted by molar-refractivity contribution is 0.0696. The monoisotopic (exact) mass is 274 g/mol. The second-order valence-electron chi connectivity index (χ2n) is 4.25. The van der Waals surface area contributed by atoms with Crippen LogP contribution in [0, 0.1) is 6.92 Å². The third kappa shape index (κ3) is 2.69. The van der Waals surface area contributed by atoms with Crippen LogP contribution in [0.1, 0.15) is 39.1 Å². The minimum Gasteiger partial charge on any atom is -0.478 e. The maximum absolute atomic E-state index is 12.2. The predicted octanol–water partition coefficient (Wildman–Crippen LogP) is 2.50. The van der Waals surface area contributed by atoms with E-state index in [1.54, 1.807) is 19.1 Å². The first-order chi connectivity index (χ1) is 9.52. The lowest BCUT2D eigenvalue weighted by atomic mass is 10.1. The maximum Gasteiger partial charge on any atom is 0.335 e. The van der Waals surface area contributed by atoms with Crippen LogP contribution < -0.4 is 5.32 Å². The molecule has 1 amide bonds. The van der Waals surface area contributed by atoms with Gasteiger partial charge in [0.25, 0.3) is 5.91 Å². The number of hydrogen-bond donors (Lipinski definition) is 2. The zero-order valence-electron chi connectivity index (χ0n) is 11.1. The smallest absolute Gasteiger partial charge is 0.335 e. The van der Waals surface area contributed by atoms with E-state index in [0.717, 1.165) is 0 Å². The third-order valence-electron chi connectivity index (χ3n) is 2.86. The highest BCUT2D eigenvalue weighted by Crippen LogP contribution is 2.17. The summed E-state index contributed by atoms with van der Waals surface area (Å²) in [4.78, 5) is 23.1. The number of aromatic nitrogens is 1. The Morgan fingerprint density at radius 2 is 2.15 bits per heavy atom. The second kappa shape index (κ2) is 5.56. The average molecular weight is 274 g/mol. The Hall–Kier alpha value is -2.63. The van der Waals surface area contributed by atoms with E-state index in [1.165, 1.54) is 12.1 Å². The quantitative estimate of drug-likeness (QED) is 0.893. The molecule has 2 N–H and O–H groups in total. The van der Waals surface area contributed by atoms with Crippen LogP contribution in [0.4, 0.5) is 5.69 Å². The van der Waals surface area contributed by atoms with Crippen LogP contribution in [-0.4, -0.2) is 22.1 Å². The van der Waals surface area contributed by atoms with Crippen LogP contribution in [0.25, 0.3) is 0 Å². The first kappa shape index (κ1) is 13.8. The zero-order valence-corrected chi connectivity index (χ0v) is 11.1. The van der Waals surface area contributed by atoms with Crippen LogP contribution >= 0.6 is 0 Å². The predicted molar refractivity (Wildman–Crippen MR) is 72.0 cm³/mol. The molecule has 0 aliphatic heterocycles. The molecule has 0 saturated heterocycles. The van der Waals surface area contributed by atoms with Gasteiger partial charge in [0.1, 0.15) is 11.3 Å². The van der Waals surface area contributed by atoms with E-state index < -0.39 is 5.97 Å². The van der Waals surface area contributed by atoms with Gasteiger partial charge < -0.3 is 14.9 Å². The van der Waals surface area contributed by atoms with E-state index in [9.17, 15) is 9.59 Å². The van der Waals surface area contributed by atoms with E-state index in [1.807, 2.05) is 6.92 Å². The van der Waals surface area contributed by atoms with Gasteiger partial charge in [-0.1, -0.05) is 18.1 Å². The van der Waals surface area contributed by atoms with Crippen molar-refractivity contribution in [1.29, 1.82) is 0 Å². The van der Waals surface area contributed by atoms with Crippen molar-refractivity contribution < 1.29 is 19.2 Å². The maximum atomic E-state index is 12.2. The van der Waals surface area contributed by atoms with Crippen LogP contribution in [-0.2, 0) is 6.42 Å². The number of aromatic carboxylic acids is 1. The number of hydrogen-bond acceptors (Lipinski definition) is 4. The molecule has 0 atom stereocenters. The number of aryl methyl sites for hydroxylation is 2. The minimum atomic E-state index is -1.04. The van der Waals surface area contributed by atoms with Crippen molar-refractivity contribution >= 4 is 17.6 Å². The molecule has 2 aromatic rings. The van der Waals surface area contributed by atoms with Gasteiger partial charge in [-0.25, -0.2) is 4.79 Å². The van der Waals surface area contributed by atoms with Crippen LogP contribution in [0.3, 0.4) is 0 Å². The number of carbonyl (C=O) groups excluding carboxylic acids is 1. The summed E-state index contributed by atoms with van der Waals surface area (Å²) in [6.45, 7) is 3.54. The van der Waals surface area contributed by atoms with Crippen molar-refractivity contribution in [1.82, 2.24) is 5.16 Å². The number of nitrogens with zero attached hydrogens (tertiary/aromatic N) is 1. The van der Waals surface area contributed by atoms with Crippen molar-refractivity contribution in [3.63, 3.8) is 0 Å². The summed E-state index contributed by atoms with van der Waals surface area (Å²) in [5.41, 5.74) is 1.50. The molecule has 0 aliphatic rings. The number of benzene rings is 1. The van der Waals surface area contributed by atoms with Crippen molar-refractivity contribution in [2.75, 3.05) is 5.32 Å². The molecule has 1 heterocycles. The van der Waals surface area contributed by atoms with Crippen molar-refractivity contribution in [3.8, 4) is 0 Å². The molecule has 0 fully saturated rings. The summed E-state index contributed by atoms with van der Waals surface area (Å²) in [6, 6.07) is 6.05. The van der Waals surface area contributed by atoms with Gasteiger partial charge in [0.05, 0.1) is 11.3 Å². The summed E-state index contributed by atoms with van der Waals surface area (Å²) in [5, 5.41) is 15.4. The zero-order chi connectivity index (χ0) is 14.7. The molecule has 104 valence electrons. The summed E-state index contributed by atoms with van der Waals surface area (Å²) in [6.07, 6.45) is 0.579. The van der Waals surface area contributed by atoms with Crippen LogP contribution in [0.5, 0.6) is 0 Å². The molecule has 0 aliphatic carbocycles.